The molecule has 96 valence electrons. The third-order valence-electron chi connectivity index (χ3n) is 3.70. The second kappa shape index (κ2) is 6.03. The van der Waals surface area contributed by atoms with E-state index in [1.165, 1.54) is 12.8 Å². The van der Waals surface area contributed by atoms with E-state index in [2.05, 4.69) is 27.8 Å². The predicted octanol–water partition coefficient (Wildman–Crippen LogP) is 3.13. The number of furan rings is 1. The highest BCUT2D eigenvalue weighted by Gasteiger charge is 2.24. The number of hydrogen-bond donors (Lipinski definition) is 1. The van der Waals surface area contributed by atoms with Crippen LogP contribution in [-0.2, 0) is 6.54 Å². The van der Waals surface area contributed by atoms with Crippen LogP contribution < -0.4 is 5.73 Å². The molecule has 2 rings (SSSR count). The number of rotatable bonds is 4. The number of nitrogens with two attached hydrogens (primary N) is 1. The molecule has 4 heteroatoms. The van der Waals surface area contributed by atoms with Crippen molar-refractivity contribution in [2.24, 2.45) is 5.73 Å². The van der Waals surface area contributed by atoms with E-state index in [-0.39, 0.29) is 0 Å². The Hall–Kier alpha value is -0.320. The van der Waals surface area contributed by atoms with E-state index in [4.69, 9.17) is 10.2 Å². The van der Waals surface area contributed by atoms with Crippen LogP contribution in [0, 0.1) is 0 Å². The fourth-order valence-corrected chi connectivity index (χ4v) is 2.91. The summed E-state index contributed by atoms with van der Waals surface area (Å²) in [6.45, 7) is 4.17. The maximum absolute atomic E-state index is 5.95. The molecule has 1 saturated carbocycles. The van der Waals surface area contributed by atoms with Gasteiger partial charge < -0.3 is 10.2 Å². The van der Waals surface area contributed by atoms with Crippen molar-refractivity contribution in [2.45, 2.75) is 51.2 Å². The van der Waals surface area contributed by atoms with Crippen molar-refractivity contribution in [1.82, 2.24) is 4.90 Å². The lowest BCUT2D eigenvalue weighted by Gasteiger charge is -2.35. The van der Waals surface area contributed by atoms with Gasteiger partial charge in [-0.2, -0.15) is 0 Å². The summed E-state index contributed by atoms with van der Waals surface area (Å²) in [5.74, 6) is 1.03. The minimum Gasteiger partial charge on any atom is -0.467 e. The van der Waals surface area contributed by atoms with Crippen LogP contribution in [0.1, 0.15) is 38.4 Å². The molecule has 0 spiro atoms. The van der Waals surface area contributed by atoms with Gasteiger partial charge in [0.15, 0.2) is 0 Å². The molecule has 1 heterocycles. The van der Waals surface area contributed by atoms with Crippen LogP contribution in [0.2, 0.25) is 0 Å². The summed E-state index contributed by atoms with van der Waals surface area (Å²) in [6.07, 6.45) is 6.48. The lowest BCUT2D eigenvalue weighted by atomic mass is 9.90. The molecule has 0 bridgehead atoms. The van der Waals surface area contributed by atoms with Gasteiger partial charge in [0.05, 0.1) is 17.3 Å². The number of halogens is 1. The van der Waals surface area contributed by atoms with Crippen molar-refractivity contribution in [2.75, 3.05) is 6.54 Å². The molecule has 1 aliphatic rings. The minimum atomic E-state index is 0.417. The van der Waals surface area contributed by atoms with Gasteiger partial charge in [-0.1, -0.05) is 6.92 Å². The standard InChI is InChI=1S/C13H21BrN2O/c1-2-16(9-13-12(14)7-8-17-13)11-5-3-10(15)4-6-11/h7-8,10-11H,2-6,9,15H2,1H3. The molecule has 17 heavy (non-hydrogen) atoms. The fraction of sp³-hybridized carbons (Fsp3) is 0.692. The summed E-state index contributed by atoms with van der Waals surface area (Å²) in [6, 6.07) is 3.04. The zero-order chi connectivity index (χ0) is 12.3. The van der Waals surface area contributed by atoms with Crippen LogP contribution in [0.4, 0.5) is 0 Å². The lowest BCUT2D eigenvalue weighted by molar-refractivity contribution is 0.139. The smallest absolute Gasteiger partial charge is 0.131 e. The molecule has 0 radical (unpaired) electrons. The first kappa shape index (κ1) is 13.1. The molecule has 0 amide bonds. The Morgan fingerprint density at radius 3 is 2.65 bits per heavy atom. The third kappa shape index (κ3) is 3.33. The monoisotopic (exact) mass is 300 g/mol. The van der Waals surface area contributed by atoms with Crippen LogP contribution in [-0.4, -0.2) is 23.5 Å². The van der Waals surface area contributed by atoms with Crippen LogP contribution in [0.5, 0.6) is 0 Å². The molecular formula is C13H21BrN2O. The fourth-order valence-electron chi connectivity index (χ4n) is 2.59. The van der Waals surface area contributed by atoms with E-state index < -0.39 is 0 Å². The van der Waals surface area contributed by atoms with E-state index in [1.807, 2.05) is 6.07 Å². The average Bonchev–Trinajstić information content (AvgIpc) is 2.73. The summed E-state index contributed by atoms with van der Waals surface area (Å²) in [5, 5.41) is 0. The van der Waals surface area contributed by atoms with E-state index in [0.29, 0.717) is 12.1 Å². The Balaban J connectivity index is 1.95. The van der Waals surface area contributed by atoms with Gasteiger partial charge in [-0.15, -0.1) is 0 Å². The molecule has 0 unspecified atom stereocenters. The Morgan fingerprint density at radius 2 is 2.12 bits per heavy atom. The van der Waals surface area contributed by atoms with Crippen LogP contribution >= 0.6 is 15.9 Å². The third-order valence-corrected chi connectivity index (χ3v) is 4.41. The SMILES string of the molecule is CCN(Cc1occc1Br)C1CCC(N)CC1. The quantitative estimate of drug-likeness (QED) is 0.929. The first-order chi connectivity index (χ1) is 8.20. The van der Waals surface area contributed by atoms with E-state index in [0.717, 1.165) is 36.2 Å². The van der Waals surface area contributed by atoms with Gasteiger partial charge in [-0.05, 0) is 54.2 Å². The molecular weight excluding hydrogens is 280 g/mol. The highest BCUT2D eigenvalue weighted by atomic mass is 79.9. The topological polar surface area (TPSA) is 42.4 Å². The van der Waals surface area contributed by atoms with Crippen molar-refractivity contribution in [3.05, 3.63) is 22.6 Å². The molecule has 2 N–H and O–H groups in total. The normalized spacial score (nSPS) is 25.4. The molecule has 1 aromatic heterocycles. The van der Waals surface area contributed by atoms with E-state index in [1.54, 1.807) is 6.26 Å². The number of nitrogens with zero attached hydrogens (tertiary/aromatic N) is 1. The summed E-state index contributed by atoms with van der Waals surface area (Å²) >= 11 is 3.52. The summed E-state index contributed by atoms with van der Waals surface area (Å²) < 4.78 is 6.57. The van der Waals surface area contributed by atoms with Crippen LogP contribution in [0.3, 0.4) is 0 Å². The molecule has 0 saturated heterocycles. The largest absolute Gasteiger partial charge is 0.467 e. The van der Waals surface area contributed by atoms with E-state index >= 15 is 0 Å². The minimum absolute atomic E-state index is 0.417. The zero-order valence-corrected chi connectivity index (χ0v) is 11.9. The van der Waals surface area contributed by atoms with Gasteiger partial charge >= 0.3 is 0 Å². The van der Waals surface area contributed by atoms with Crippen molar-refractivity contribution >= 4 is 15.9 Å². The van der Waals surface area contributed by atoms with Gasteiger partial charge in [0.2, 0.25) is 0 Å². The Kier molecular flexibility index (Phi) is 4.65. The van der Waals surface area contributed by atoms with Crippen LogP contribution in [0.15, 0.2) is 21.2 Å². The second-order valence-corrected chi connectivity index (χ2v) is 5.68. The summed E-state index contributed by atoms with van der Waals surface area (Å²) in [4.78, 5) is 2.50. The molecule has 1 aromatic rings. The Bertz CT molecular complexity index is 345. The maximum Gasteiger partial charge on any atom is 0.131 e. The van der Waals surface area contributed by atoms with Crippen molar-refractivity contribution in [3.8, 4) is 0 Å². The predicted molar refractivity (Wildman–Crippen MR) is 72.7 cm³/mol. The Morgan fingerprint density at radius 1 is 1.41 bits per heavy atom. The summed E-state index contributed by atoms with van der Waals surface area (Å²) in [5.41, 5.74) is 5.95. The molecule has 3 nitrogen and oxygen atoms in total. The van der Waals surface area contributed by atoms with Crippen molar-refractivity contribution in [3.63, 3.8) is 0 Å². The molecule has 1 fully saturated rings. The molecule has 1 aliphatic carbocycles. The summed E-state index contributed by atoms with van der Waals surface area (Å²) in [7, 11) is 0. The second-order valence-electron chi connectivity index (χ2n) is 4.82. The van der Waals surface area contributed by atoms with Crippen molar-refractivity contribution < 1.29 is 4.42 Å². The molecule has 0 aromatic carbocycles. The number of hydrogen-bond acceptors (Lipinski definition) is 3. The molecule has 0 aliphatic heterocycles. The average molecular weight is 301 g/mol. The van der Waals surface area contributed by atoms with Gasteiger partial charge in [0.1, 0.15) is 5.76 Å². The van der Waals surface area contributed by atoms with Gasteiger partial charge in [0.25, 0.3) is 0 Å². The lowest BCUT2D eigenvalue weighted by Crippen LogP contribution is -2.40. The highest BCUT2D eigenvalue weighted by Crippen LogP contribution is 2.26. The Labute approximate surface area is 111 Å². The first-order valence-corrected chi connectivity index (χ1v) is 7.21. The first-order valence-electron chi connectivity index (χ1n) is 6.42. The maximum atomic E-state index is 5.95. The van der Waals surface area contributed by atoms with Crippen molar-refractivity contribution in [1.29, 1.82) is 0 Å². The van der Waals surface area contributed by atoms with E-state index in [9.17, 15) is 0 Å². The van der Waals surface area contributed by atoms with Gasteiger partial charge in [-0.25, -0.2) is 0 Å². The van der Waals surface area contributed by atoms with Crippen LogP contribution in [0.25, 0.3) is 0 Å². The van der Waals surface area contributed by atoms with Gasteiger partial charge in [-0.3, -0.25) is 4.90 Å². The zero-order valence-electron chi connectivity index (χ0n) is 10.4. The van der Waals surface area contributed by atoms with Gasteiger partial charge in [0, 0.05) is 12.1 Å². The molecule has 0 atom stereocenters. The highest BCUT2D eigenvalue weighted by molar-refractivity contribution is 9.10.